The van der Waals surface area contributed by atoms with Crippen LogP contribution in [0.15, 0.2) is 18.2 Å². The zero-order valence-corrected chi connectivity index (χ0v) is 8.78. The van der Waals surface area contributed by atoms with Gasteiger partial charge in [-0.05, 0) is 30.7 Å². The Morgan fingerprint density at radius 1 is 1.44 bits per heavy atom. The Labute approximate surface area is 93.1 Å². The lowest BCUT2D eigenvalue weighted by atomic mass is 10.1. The van der Waals surface area contributed by atoms with E-state index in [2.05, 4.69) is 11.8 Å². The minimum absolute atomic E-state index is 0.000268. The number of carboxylic acids is 1. The van der Waals surface area contributed by atoms with Gasteiger partial charge < -0.3 is 10.8 Å². The van der Waals surface area contributed by atoms with Gasteiger partial charge in [0.25, 0.3) is 0 Å². The Balaban J connectivity index is 2.92. The first kappa shape index (κ1) is 11.8. The average Bonchev–Trinajstić information content (AvgIpc) is 2.16. The van der Waals surface area contributed by atoms with Crippen LogP contribution in [0.2, 0.25) is 0 Å². The highest BCUT2D eigenvalue weighted by Crippen LogP contribution is 2.10. The van der Waals surface area contributed by atoms with Gasteiger partial charge in [-0.25, -0.2) is 4.79 Å². The maximum atomic E-state index is 10.7. The van der Waals surface area contributed by atoms with Crippen molar-refractivity contribution in [1.29, 1.82) is 0 Å². The Hall–Kier alpha value is -2.28. The molecule has 0 radical (unpaired) electrons. The van der Waals surface area contributed by atoms with Gasteiger partial charge in [0.05, 0.1) is 12.0 Å². The summed E-state index contributed by atoms with van der Waals surface area (Å²) in [4.78, 5) is 21.2. The molecular weight excluding hydrogens is 206 g/mol. The molecule has 3 N–H and O–H groups in total. The number of carboxylic acid groups (broad SMARTS) is 1. The molecular formula is C12H11NO3. The molecule has 0 atom stereocenters. The highest BCUT2D eigenvalue weighted by Gasteiger charge is 2.05. The highest BCUT2D eigenvalue weighted by molar-refractivity contribution is 5.89. The molecule has 0 aliphatic carbocycles. The third-order valence-corrected chi connectivity index (χ3v) is 1.95. The second-order valence-corrected chi connectivity index (χ2v) is 3.28. The van der Waals surface area contributed by atoms with Gasteiger partial charge in [-0.2, -0.15) is 0 Å². The van der Waals surface area contributed by atoms with Crippen LogP contribution in [0.3, 0.4) is 0 Å². The summed E-state index contributed by atoms with van der Waals surface area (Å²) in [5.74, 6) is 3.90. The topological polar surface area (TPSA) is 80.4 Å². The summed E-state index contributed by atoms with van der Waals surface area (Å²) in [5.41, 5.74) is 6.49. The lowest BCUT2D eigenvalue weighted by Crippen LogP contribution is -2.08. The van der Waals surface area contributed by atoms with E-state index in [4.69, 9.17) is 10.8 Å². The molecule has 4 heteroatoms. The smallest absolute Gasteiger partial charge is 0.335 e. The van der Waals surface area contributed by atoms with E-state index in [1.165, 1.54) is 6.07 Å². The second-order valence-electron chi connectivity index (χ2n) is 3.28. The third-order valence-electron chi connectivity index (χ3n) is 1.95. The molecule has 0 aliphatic rings. The molecule has 0 bridgehead atoms. The van der Waals surface area contributed by atoms with E-state index in [9.17, 15) is 9.59 Å². The fourth-order valence-corrected chi connectivity index (χ4v) is 1.21. The number of carbonyl (C=O) groups excluding carboxylic acids is 1. The number of amides is 1. The summed E-state index contributed by atoms with van der Waals surface area (Å²) >= 11 is 0. The van der Waals surface area contributed by atoms with Crippen LogP contribution in [0.1, 0.15) is 27.9 Å². The summed E-state index contributed by atoms with van der Waals surface area (Å²) in [6, 6.07) is 4.76. The quantitative estimate of drug-likeness (QED) is 0.723. The Morgan fingerprint density at radius 3 is 2.62 bits per heavy atom. The van der Waals surface area contributed by atoms with E-state index >= 15 is 0 Å². The SMILES string of the molecule is Cc1cc(C#CCC(N)=O)ccc1C(=O)O. The molecule has 1 amide bonds. The van der Waals surface area contributed by atoms with Gasteiger partial charge in [0.1, 0.15) is 0 Å². The first-order valence-electron chi connectivity index (χ1n) is 4.62. The van der Waals surface area contributed by atoms with E-state index in [-0.39, 0.29) is 12.0 Å². The van der Waals surface area contributed by atoms with Gasteiger partial charge in [0.15, 0.2) is 0 Å². The molecule has 82 valence electrons. The Bertz CT molecular complexity index is 495. The molecule has 0 saturated carbocycles. The Morgan fingerprint density at radius 2 is 2.12 bits per heavy atom. The van der Waals surface area contributed by atoms with Crippen LogP contribution < -0.4 is 5.73 Å². The predicted octanol–water partition coefficient (Wildman–Crippen LogP) is 0.920. The van der Waals surface area contributed by atoms with Gasteiger partial charge in [0, 0.05) is 5.56 Å². The van der Waals surface area contributed by atoms with E-state index in [1.54, 1.807) is 19.1 Å². The van der Waals surface area contributed by atoms with Crippen molar-refractivity contribution in [2.45, 2.75) is 13.3 Å². The van der Waals surface area contributed by atoms with Gasteiger partial charge in [0.2, 0.25) is 5.91 Å². The van der Waals surface area contributed by atoms with Gasteiger partial charge in [-0.3, -0.25) is 4.79 Å². The normalized spacial score (nSPS) is 9.06. The van der Waals surface area contributed by atoms with Crippen molar-refractivity contribution < 1.29 is 14.7 Å². The molecule has 0 fully saturated rings. The van der Waals surface area contributed by atoms with Crippen LogP contribution >= 0.6 is 0 Å². The molecule has 4 nitrogen and oxygen atoms in total. The van der Waals surface area contributed by atoms with Crippen LogP contribution in [-0.2, 0) is 4.79 Å². The van der Waals surface area contributed by atoms with Crippen molar-refractivity contribution >= 4 is 11.9 Å². The average molecular weight is 217 g/mol. The number of primary amides is 1. The van der Waals surface area contributed by atoms with Crippen molar-refractivity contribution in [2.24, 2.45) is 5.73 Å². The van der Waals surface area contributed by atoms with Crippen molar-refractivity contribution in [3.8, 4) is 11.8 Å². The number of nitrogens with two attached hydrogens (primary N) is 1. The van der Waals surface area contributed by atoms with Gasteiger partial charge in [-0.15, -0.1) is 0 Å². The number of rotatable bonds is 2. The molecule has 16 heavy (non-hydrogen) atoms. The zero-order chi connectivity index (χ0) is 12.1. The minimum atomic E-state index is -0.964. The molecule has 1 aromatic carbocycles. The summed E-state index contributed by atoms with van der Waals surface area (Å²) in [6.07, 6.45) is -0.000268. The minimum Gasteiger partial charge on any atom is -0.478 e. The second kappa shape index (κ2) is 4.99. The van der Waals surface area contributed by atoms with E-state index < -0.39 is 11.9 Å². The third kappa shape index (κ3) is 3.14. The van der Waals surface area contributed by atoms with Crippen molar-refractivity contribution in [3.63, 3.8) is 0 Å². The molecule has 0 spiro atoms. The number of aryl methyl sites for hydroxylation is 1. The summed E-state index contributed by atoms with van der Waals surface area (Å²) in [6.45, 7) is 1.70. The lowest BCUT2D eigenvalue weighted by molar-refractivity contribution is -0.117. The molecule has 0 unspecified atom stereocenters. The van der Waals surface area contributed by atoms with Crippen LogP contribution in [0.5, 0.6) is 0 Å². The van der Waals surface area contributed by atoms with Crippen LogP contribution in [-0.4, -0.2) is 17.0 Å². The largest absolute Gasteiger partial charge is 0.478 e. The van der Waals surface area contributed by atoms with E-state index in [0.717, 1.165) is 0 Å². The number of hydrogen-bond donors (Lipinski definition) is 2. The predicted molar refractivity (Wildman–Crippen MR) is 58.8 cm³/mol. The fraction of sp³-hybridized carbons (Fsp3) is 0.167. The fourth-order valence-electron chi connectivity index (χ4n) is 1.21. The maximum Gasteiger partial charge on any atom is 0.335 e. The molecule has 0 aromatic heterocycles. The molecule has 0 aliphatic heterocycles. The molecule has 1 rings (SSSR count). The van der Waals surface area contributed by atoms with Crippen LogP contribution in [0.4, 0.5) is 0 Å². The van der Waals surface area contributed by atoms with Crippen molar-refractivity contribution in [1.82, 2.24) is 0 Å². The summed E-state index contributed by atoms with van der Waals surface area (Å²) < 4.78 is 0. The van der Waals surface area contributed by atoms with E-state index in [0.29, 0.717) is 11.1 Å². The van der Waals surface area contributed by atoms with Crippen molar-refractivity contribution in [3.05, 3.63) is 34.9 Å². The van der Waals surface area contributed by atoms with Gasteiger partial charge >= 0.3 is 5.97 Å². The number of benzene rings is 1. The van der Waals surface area contributed by atoms with Gasteiger partial charge in [-0.1, -0.05) is 11.8 Å². The molecule has 1 aromatic rings. The van der Waals surface area contributed by atoms with Crippen LogP contribution in [0.25, 0.3) is 0 Å². The van der Waals surface area contributed by atoms with E-state index in [1.807, 2.05) is 0 Å². The highest BCUT2D eigenvalue weighted by atomic mass is 16.4. The molecule has 0 saturated heterocycles. The zero-order valence-electron chi connectivity index (χ0n) is 8.78. The van der Waals surface area contributed by atoms with Crippen LogP contribution in [0, 0.1) is 18.8 Å². The summed E-state index contributed by atoms with van der Waals surface area (Å²) in [7, 11) is 0. The standard InChI is InChI=1S/C12H11NO3/c1-8-7-9(3-2-4-11(13)14)5-6-10(8)12(15)16/h5-7H,4H2,1H3,(H2,13,14)(H,15,16). The summed E-state index contributed by atoms with van der Waals surface area (Å²) in [5, 5.41) is 8.81. The Kier molecular flexibility index (Phi) is 3.67. The maximum absolute atomic E-state index is 10.7. The monoisotopic (exact) mass is 217 g/mol. The molecule has 0 heterocycles. The number of carbonyl (C=O) groups is 2. The first-order valence-corrected chi connectivity index (χ1v) is 4.62. The number of hydrogen-bond acceptors (Lipinski definition) is 2. The van der Waals surface area contributed by atoms with Crippen molar-refractivity contribution in [2.75, 3.05) is 0 Å². The lowest BCUT2D eigenvalue weighted by Gasteiger charge is -2.00. The first-order chi connectivity index (χ1) is 7.50. The number of aromatic carboxylic acids is 1.